The van der Waals surface area contributed by atoms with Crippen LogP contribution in [-0.4, -0.2) is 69.4 Å². The van der Waals surface area contributed by atoms with E-state index in [9.17, 15) is 18.0 Å². The Morgan fingerprint density at radius 3 is 2.61 bits per heavy atom. The average molecular weight is 439 g/mol. The number of nitrogens with one attached hydrogen (secondary N) is 2. The Bertz CT molecular complexity index is 582. The van der Waals surface area contributed by atoms with Gasteiger partial charge in [-0.05, 0) is 39.2 Å². The normalized spacial score (nSPS) is 39.5. The van der Waals surface area contributed by atoms with Crippen molar-refractivity contribution >= 4 is 29.4 Å². The van der Waals surface area contributed by atoms with Crippen LogP contribution < -0.4 is 10.9 Å². The van der Waals surface area contributed by atoms with Crippen molar-refractivity contribution in [3.63, 3.8) is 0 Å². The van der Waals surface area contributed by atoms with Crippen LogP contribution in [0.3, 0.4) is 0 Å². The third-order valence-electron chi connectivity index (χ3n) is 6.56. The highest BCUT2D eigenvalue weighted by molar-refractivity contribution is 8.00. The van der Waals surface area contributed by atoms with Gasteiger partial charge in [0.15, 0.2) is 0 Å². The number of carbonyl (C=O) groups is 1. The Kier molecular flexibility index (Phi) is 6.42. The van der Waals surface area contributed by atoms with Gasteiger partial charge in [0.2, 0.25) is 5.91 Å². The maximum absolute atomic E-state index is 13.4. The zero-order valence-corrected chi connectivity index (χ0v) is 17.7. The first-order valence-electron chi connectivity index (χ1n) is 10.2. The van der Waals surface area contributed by atoms with Gasteiger partial charge in [0.05, 0.1) is 18.3 Å². The van der Waals surface area contributed by atoms with E-state index in [0.29, 0.717) is 24.1 Å². The Labute approximate surface area is 172 Å². The van der Waals surface area contributed by atoms with Gasteiger partial charge in [0, 0.05) is 22.6 Å². The SMILES string of the molecule is CN1CNNC1SCC(=O)N1C2CCCCC2SC2CCC(C(F)(F)F)CC21. The molecule has 0 aromatic carbocycles. The molecule has 0 bridgehead atoms. The molecule has 4 fully saturated rings. The second-order valence-corrected chi connectivity index (χ2v) is 10.9. The molecule has 2 heterocycles. The monoisotopic (exact) mass is 438 g/mol. The molecular formula is C18H29F3N4OS2. The lowest BCUT2D eigenvalue weighted by Gasteiger charge is -2.54. The summed E-state index contributed by atoms with van der Waals surface area (Å²) in [5.41, 5.74) is 6.17. The summed E-state index contributed by atoms with van der Waals surface area (Å²) in [4.78, 5) is 17.3. The molecular weight excluding hydrogens is 409 g/mol. The van der Waals surface area contributed by atoms with E-state index in [4.69, 9.17) is 0 Å². The largest absolute Gasteiger partial charge is 0.391 e. The molecule has 2 aliphatic carbocycles. The molecule has 1 amide bonds. The molecule has 6 atom stereocenters. The molecule has 0 spiro atoms. The van der Waals surface area contributed by atoms with Gasteiger partial charge >= 0.3 is 6.18 Å². The van der Waals surface area contributed by atoms with Gasteiger partial charge < -0.3 is 4.90 Å². The van der Waals surface area contributed by atoms with Crippen LogP contribution >= 0.6 is 23.5 Å². The van der Waals surface area contributed by atoms with Crippen molar-refractivity contribution in [2.75, 3.05) is 19.5 Å². The maximum Gasteiger partial charge on any atom is 0.391 e. The fourth-order valence-electron chi connectivity index (χ4n) is 5.11. The highest BCUT2D eigenvalue weighted by atomic mass is 32.2. The van der Waals surface area contributed by atoms with Crippen LogP contribution in [0.5, 0.6) is 0 Å². The van der Waals surface area contributed by atoms with Crippen LogP contribution in [0.1, 0.15) is 44.9 Å². The van der Waals surface area contributed by atoms with E-state index in [1.54, 1.807) is 0 Å². The second-order valence-electron chi connectivity index (χ2n) is 8.38. The molecule has 2 aliphatic heterocycles. The van der Waals surface area contributed by atoms with Crippen LogP contribution in [-0.2, 0) is 4.79 Å². The summed E-state index contributed by atoms with van der Waals surface area (Å²) in [5, 5.41) is 0.543. The topological polar surface area (TPSA) is 47.6 Å². The molecule has 0 aromatic heterocycles. The third kappa shape index (κ3) is 4.31. The predicted molar refractivity (Wildman–Crippen MR) is 107 cm³/mol. The zero-order valence-electron chi connectivity index (χ0n) is 16.1. The quantitative estimate of drug-likeness (QED) is 0.707. The molecule has 0 radical (unpaired) electrons. The van der Waals surface area contributed by atoms with Crippen LogP contribution in [0.25, 0.3) is 0 Å². The van der Waals surface area contributed by atoms with Gasteiger partial charge in [0.25, 0.3) is 0 Å². The van der Waals surface area contributed by atoms with Crippen LogP contribution in [0.15, 0.2) is 0 Å². The molecule has 28 heavy (non-hydrogen) atoms. The smallest absolute Gasteiger partial charge is 0.334 e. The van der Waals surface area contributed by atoms with Gasteiger partial charge in [0.1, 0.15) is 5.50 Å². The Morgan fingerprint density at radius 2 is 1.89 bits per heavy atom. The van der Waals surface area contributed by atoms with Gasteiger partial charge in [-0.2, -0.15) is 24.9 Å². The lowest BCUT2D eigenvalue weighted by molar-refractivity contribution is -0.188. The summed E-state index contributed by atoms with van der Waals surface area (Å²) in [7, 11) is 1.97. The number of hydrazine groups is 1. The third-order valence-corrected chi connectivity index (χ3v) is 9.56. The van der Waals surface area contributed by atoms with Crippen molar-refractivity contribution in [3.8, 4) is 0 Å². The molecule has 160 valence electrons. The number of carbonyl (C=O) groups excluding carboxylic acids is 1. The van der Waals surface area contributed by atoms with Gasteiger partial charge in [-0.15, -0.1) is 11.8 Å². The zero-order chi connectivity index (χ0) is 19.9. The van der Waals surface area contributed by atoms with Crippen molar-refractivity contribution in [2.45, 2.75) is 79.2 Å². The van der Waals surface area contributed by atoms with E-state index < -0.39 is 12.1 Å². The van der Waals surface area contributed by atoms with E-state index in [2.05, 4.69) is 15.8 Å². The number of halogens is 3. The number of rotatable bonds is 3. The van der Waals surface area contributed by atoms with E-state index in [1.807, 2.05) is 23.7 Å². The Hall–Kier alpha value is -0.160. The van der Waals surface area contributed by atoms with E-state index in [-0.39, 0.29) is 41.6 Å². The summed E-state index contributed by atoms with van der Waals surface area (Å²) in [6.45, 7) is 0.703. The molecule has 4 aliphatic rings. The van der Waals surface area contributed by atoms with Crippen molar-refractivity contribution in [1.29, 1.82) is 0 Å². The van der Waals surface area contributed by atoms with Crippen LogP contribution in [0, 0.1) is 5.92 Å². The maximum atomic E-state index is 13.4. The lowest BCUT2D eigenvalue weighted by atomic mass is 9.81. The number of nitrogens with zero attached hydrogens (tertiary/aromatic N) is 2. The summed E-state index contributed by atoms with van der Waals surface area (Å²) in [5.74, 6) is -0.955. The van der Waals surface area contributed by atoms with Crippen LogP contribution in [0.4, 0.5) is 13.2 Å². The van der Waals surface area contributed by atoms with Gasteiger partial charge in [-0.1, -0.05) is 12.8 Å². The van der Waals surface area contributed by atoms with E-state index in [1.165, 1.54) is 11.8 Å². The van der Waals surface area contributed by atoms with Crippen molar-refractivity contribution in [1.82, 2.24) is 20.7 Å². The first-order valence-corrected chi connectivity index (χ1v) is 12.2. The van der Waals surface area contributed by atoms with Gasteiger partial charge in [-0.25, -0.2) is 10.9 Å². The Morgan fingerprint density at radius 1 is 1.14 bits per heavy atom. The molecule has 0 aromatic rings. The summed E-state index contributed by atoms with van der Waals surface area (Å²) in [6.07, 6.45) is 0.914. The lowest BCUT2D eigenvalue weighted by Crippen LogP contribution is -2.62. The van der Waals surface area contributed by atoms with Crippen LogP contribution in [0.2, 0.25) is 0 Å². The molecule has 4 rings (SSSR count). The number of alkyl halides is 3. The first-order chi connectivity index (χ1) is 13.3. The standard InChI is InChI=1S/C18H29F3N4OS2/c1-24-10-22-23-17(24)27-9-16(26)25-12-4-2-3-5-14(12)28-15-7-6-11(8-13(15)25)18(19,20)21/h11-15,17,22-23H,2-10H2,1H3. The number of hydrogen-bond donors (Lipinski definition) is 2. The van der Waals surface area contributed by atoms with Crippen molar-refractivity contribution < 1.29 is 18.0 Å². The minimum atomic E-state index is -4.16. The molecule has 6 unspecified atom stereocenters. The second kappa shape index (κ2) is 8.53. The Balaban J connectivity index is 1.50. The van der Waals surface area contributed by atoms with E-state index in [0.717, 1.165) is 25.7 Å². The summed E-state index contributed by atoms with van der Waals surface area (Å²) >= 11 is 3.39. The first kappa shape index (κ1) is 21.1. The van der Waals surface area contributed by atoms with Crippen molar-refractivity contribution in [2.24, 2.45) is 5.92 Å². The average Bonchev–Trinajstić information content (AvgIpc) is 3.07. The highest BCUT2D eigenvalue weighted by Gasteiger charge is 2.52. The molecule has 2 saturated carbocycles. The molecule has 10 heteroatoms. The molecule has 2 N–H and O–H groups in total. The number of hydrogen-bond acceptors (Lipinski definition) is 6. The van der Waals surface area contributed by atoms with E-state index >= 15 is 0 Å². The molecule has 2 saturated heterocycles. The predicted octanol–water partition coefficient (Wildman–Crippen LogP) is 2.99. The number of thioether (sulfide) groups is 2. The fraction of sp³-hybridized carbons (Fsp3) is 0.944. The van der Waals surface area contributed by atoms with Gasteiger partial charge in [-0.3, -0.25) is 9.69 Å². The minimum absolute atomic E-state index is 0.00958. The highest BCUT2D eigenvalue weighted by Crippen LogP contribution is 2.50. The summed E-state index contributed by atoms with van der Waals surface area (Å²) < 4.78 is 40.3. The van der Waals surface area contributed by atoms with Crippen molar-refractivity contribution in [3.05, 3.63) is 0 Å². The fourth-order valence-corrected chi connectivity index (χ4v) is 7.95. The summed E-state index contributed by atoms with van der Waals surface area (Å²) in [6, 6.07) is -0.169. The number of amides is 1. The minimum Gasteiger partial charge on any atom is -0.334 e. The number of fused-ring (bicyclic) bond motifs is 2. The molecule has 5 nitrogen and oxygen atoms in total.